The molecule has 9 heteroatoms. The molecule has 2 rings (SSSR count). The first kappa shape index (κ1) is 18.8. The predicted molar refractivity (Wildman–Crippen MR) is 84.2 cm³/mol. The van der Waals surface area contributed by atoms with Crippen molar-refractivity contribution in [3.63, 3.8) is 0 Å². The molecule has 1 aliphatic heterocycles. The molecule has 1 unspecified atom stereocenters. The minimum Gasteiger partial charge on any atom is -0.484 e. The number of hydrogen-bond acceptors (Lipinski definition) is 4. The van der Waals surface area contributed by atoms with Crippen molar-refractivity contribution < 1.29 is 22.7 Å². The van der Waals surface area contributed by atoms with Crippen LogP contribution in [0.15, 0.2) is 24.3 Å². The molecule has 0 spiro atoms. The van der Waals surface area contributed by atoms with Crippen molar-refractivity contribution in [1.29, 1.82) is 0 Å². The summed E-state index contributed by atoms with van der Waals surface area (Å²) < 4.78 is 44.8. The number of ether oxygens (including phenoxy) is 1. The Balaban J connectivity index is 1.83. The van der Waals surface area contributed by atoms with Gasteiger partial charge in [0.1, 0.15) is 11.8 Å². The SMILES string of the molecule is O=C(COc1cccc(Cl)c1)NCC(N1CCNCC1)C(F)(F)F. The molecule has 2 N–H and O–H groups in total. The van der Waals surface area contributed by atoms with Gasteiger partial charge in [-0.25, -0.2) is 0 Å². The van der Waals surface area contributed by atoms with Gasteiger partial charge in [0.15, 0.2) is 6.61 Å². The van der Waals surface area contributed by atoms with E-state index in [1.54, 1.807) is 18.2 Å². The third-order valence-electron chi connectivity index (χ3n) is 3.63. The minimum absolute atomic E-state index is 0.291. The molecule has 1 fully saturated rings. The summed E-state index contributed by atoms with van der Waals surface area (Å²) in [5, 5.41) is 5.74. The van der Waals surface area contributed by atoms with E-state index in [2.05, 4.69) is 10.6 Å². The molecule has 1 amide bonds. The van der Waals surface area contributed by atoms with E-state index in [0.29, 0.717) is 37.0 Å². The second-order valence-corrected chi connectivity index (χ2v) is 5.83. The molecule has 24 heavy (non-hydrogen) atoms. The topological polar surface area (TPSA) is 53.6 Å². The Morgan fingerprint density at radius 3 is 2.71 bits per heavy atom. The fourth-order valence-electron chi connectivity index (χ4n) is 2.41. The standard InChI is InChI=1S/C15H19ClF3N3O2/c16-11-2-1-3-12(8-11)24-10-14(23)21-9-13(15(17,18)19)22-6-4-20-5-7-22/h1-3,8,13,20H,4-7,9-10H2,(H,21,23). The second kappa shape index (κ2) is 8.55. The third kappa shape index (κ3) is 5.85. The summed E-state index contributed by atoms with van der Waals surface area (Å²) in [7, 11) is 0. The number of carbonyl (C=O) groups is 1. The van der Waals surface area contributed by atoms with Gasteiger partial charge in [0.2, 0.25) is 0 Å². The van der Waals surface area contributed by atoms with Gasteiger partial charge in [0, 0.05) is 37.7 Å². The van der Waals surface area contributed by atoms with Crippen molar-refractivity contribution in [1.82, 2.24) is 15.5 Å². The van der Waals surface area contributed by atoms with Crippen LogP contribution in [-0.4, -0.2) is 62.4 Å². The number of carbonyl (C=O) groups excluding carboxylic acids is 1. The molecule has 0 saturated carbocycles. The van der Waals surface area contributed by atoms with Crippen LogP contribution in [0.2, 0.25) is 5.02 Å². The Labute approximate surface area is 143 Å². The Morgan fingerprint density at radius 2 is 2.08 bits per heavy atom. The van der Waals surface area contributed by atoms with Gasteiger partial charge in [-0.05, 0) is 18.2 Å². The van der Waals surface area contributed by atoms with E-state index >= 15 is 0 Å². The van der Waals surface area contributed by atoms with Crippen molar-refractivity contribution in [3.05, 3.63) is 29.3 Å². The number of nitrogens with zero attached hydrogens (tertiary/aromatic N) is 1. The lowest BCUT2D eigenvalue weighted by molar-refractivity contribution is -0.184. The Bertz CT molecular complexity index is 551. The zero-order valence-electron chi connectivity index (χ0n) is 12.9. The molecular weight excluding hydrogens is 347 g/mol. The van der Waals surface area contributed by atoms with Gasteiger partial charge in [0.05, 0.1) is 0 Å². The number of benzene rings is 1. The molecular formula is C15H19ClF3N3O2. The fraction of sp³-hybridized carbons (Fsp3) is 0.533. The Kier molecular flexibility index (Phi) is 6.70. The van der Waals surface area contributed by atoms with Crippen LogP contribution in [0.3, 0.4) is 0 Å². The lowest BCUT2D eigenvalue weighted by Gasteiger charge is -2.35. The van der Waals surface area contributed by atoms with Crippen molar-refractivity contribution in [2.75, 3.05) is 39.3 Å². The van der Waals surface area contributed by atoms with Gasteiger partial charge in [-0.15, -0.1) is 0 Å². The highest BCUT2D eigenvalue weighted by Gasteiger charge is 2.43. The first-order valence-electron chi connectivity index (χ1n) is 7.53. The average Bonchev–Trinajstić information content (AvgIpc) is 2.53. The van der Waals surface area contributed by atoms with E-state index in [-0.39, 0.29) is 6.61 Å². The molecule has 0 bridgehead atoms. The summed E-state index contributed by atoms with van der Waals surface area (Å²) in [5.41, 5.74) is 0. The van der Waals surface area contributed by atoms with Gasteiger partial charge in [-0.1, -0.05) is 17.7 Å². The highest BCUT2D eigenvalue weighted by Crippen LogP contribution is 2.24. The third-order valence-corrected chi connectivity index (χ3v) is 3.86. The Morgan fingerprint density at radius 1 is 1.38 bits per heavy atom. The molecule has 0 aromatic heterocycles. The van der Waals surface area contributed by atoms with E-state index < -0.39 is 24.7 Å². The summed E-state index contributed by atoms with van der Waals surface area (Å²) in [6.45, 7) is 0.711. The van der Waals surface area contributed by atoms with Gasteiger partial charge in [-0.2, -0.15) is 13.2 Å². The maximum Gasteiger partial charge on any atom is 0.405 e. The highest BCUT2D eigenvalue weighted by molar-refractivity contribution is 6.30. The van der Waals surface area contributed by atoms with E-state index in [1.807, 2.05) is 0 Å². The van der Waals surface area contributed by atoms with Crippen LogP contribution in [0.5, 0.6) is 5.75 Å². The van der Waals surface area contributed by atoms with E-state index in [9.17, 15) is 18.0 Å². The highest BCUT2D eigenvalue weighted by atomic mass is 35.5. The van der Waals surface area contributed by atoms with Gasteiger partial charge in [0.25, 0.3) is 5.91 Å². The van der Waals surface area contributed by atoms with Crippen molar-refractivity contribution in [2.24, 2.45) is 0 Å². The maximum absolute atomic E-state index is 13.2. The summed E-state index contributed by atoms with van der Waals surface area (Å²) >= 11 is 5.78. The molecule has 1 saturated heterocycles. The van der Waals surface area contributed by atoms with Crippen molar-refractivity contribution >= 4 is 17.5 Å². The molecule has 134 valence electrons. The number of nitrogens with one attached hydrogen (secondary N) is 2. The van der Waals surface area contributed by atoms with E-state index in [4.69, 9.17) is 16.3 Å². The van der Waals surface area contributed by atoms with E-state index in [0.717, 1.165) is 0 Å². The quantitative estimate of drug-likeness (QED) is 0.805. The normalized spacial score (nSPS) is 17.3. The largest absolute Gasteiger partial charge is 0.484 e. The van der Waals surface area contributed by atoms with Crippen molar-refractivity contribution in [3.8, 4) is 5.75 Å². The van der Waals surface area contributed by atoms with E-state index in [1.165, 1.54) is 11.0 Å². The number of rotatable bonds is 6. The number of piperazine rings is 1. The van der Waals surface area contributed by atoms with Crippen LogP contribution in [0.25, 0.3) is 0 Å². The minimum atomic E-state index is -4.40. The van der Waals surface area contributed by atoms with Gasteiger partial charge >= 0.3 is 6.18 Å². The summed E-state index contributed by atoms with van der Waals surface area (Å²) in [4.78, 5) is 13.1. The molecule has 1 atom stereocenters. The first-order valence-corrected chi connectivity index (χ1v) is 7.90. The predicted octanol–water partition coefficient (Wildman–Crippen LogP) is 1.67. The zero-order chi connectivity index (χ0) is 17.6. The van der Waals surface area contributed by atoms with Crippen LogP contribution in [0.4, 0.5) is 13.2 Å². The molecule has 0 aliphatic carbocycles. The average molecular weight is 366 g/mol. The lowest BCUT2D eigenvalue weighted by atomic mass is 10.2. The zero-order valence-corrected chi connectivity index (χ0v) is 13.7. The molecule has 1 aromatic carbocycles. The first-order chi connectivity index (χ1) is 11.4. The Hall–Kier alpha value is -1.51. The monoisotopic (exact) mass is 365 g/mol. The summed E-state index contributed by atoms with van der Waals surface area (Å²) in [6.07, 6.45) is -4.40. The smallest absolute Gasteiger partial charge is 0.405 e. The maximum atomic E-state index is 13.2. The summed E-state index contributed by atoms with van der Waals surface area (Å²) in [5.74, 6) is -0.230. The number of alkyl halides is 3. The molecule has 1 heterocycles. The lowest BCUT2D eigenvalue weighted by Crippen LogP contribution is -2.57. The molecule has 1 aromatic rings. The molecule has 5 nitrogen and oxygen atoms in total. The van der Waals surface area contributed by atoms with Crippen LogP contribution in [-0.2, 0) is 4.79 Å². The second-order valence-electron chi connectivity index (χ2n) is 5.39. The molecule has 0 radical (unpaired) electrons. The number of halogens is 4. The summed E-state index contributed by atoms with van der Waals surface area (Å²) in [6, 6.07) is 4.73. The molecule has 1 aliphatic rings. The number of amides is 1. The van der Waals surface area contributed by atoms with Crippen LogP contribution in [0, 0.1) is 0 Å². The van der Waals surface area contributed by atoms with Crippen LogP contribution in [0.1, 0.15) is 0 Å². The van der Waals surface area contributed by atoms with Crippen LogP contribution < -0.4 is 15.4 Å². The van der Waals surface area contributed by atoms with Crippen LogP contribution >= 0.6 is 11.6 Å². The van der Waals surface area contributed by atoms with Gasteiger partial charge < -0.3 is 15.4 Å². The van der Waals surface area contributed by atoms with Gasteiger partial charge in [-0.3, -0.25) is 9.69 Å². The number of hydrogen-bond donors (Lipinski definition) is 2. The van der Waals surface area contributed by atoms with Crippen molar-refractivity contribution in [2.45, 2.75) is 12.2 Å². The fourth-order valence-corrected chi connectivity index (χ4v) is 2.59.